The van der Waals surface area contributed by atoms with Crippen molar-refractivity contribution >= 4 is 169 Å². The van der Waals surface area contributed by atoms with E-state index in [1.54, 1.807) is 117 Å². The van der Waals surface area contributed by atoms with E-state index in [0.29, 0.717) is 40.8 Å². The van der Waals surface area contributed by atoms with Crippen molar-refractivity contribution in [1.82, 2.24) is 39.9 Å². The Hall–Kier alpha value is -9.81. The van der Waals surface area contributed by atoms with Gasteiger partial charge < -0.3 is 69.4 Å². The Labute approximate surface area is 852 Å². The number of carbonyl (C=O) groups is 2. The minimum absolute atomic E-state index is 0.0173. The predicted molar refractivity (Wildman–Crippen MR) is 560 cm³/mol. The summed E-state index contributed by atoms with van der Waals surface area (Å²) in [7, 11) is 0. The third kappa shape index (κ3) is 37.3. The zero-order chi connectivity index (χ0) is 99.1. The fourth-order valence-corrected chi connectivity index (χ4v) is 22.2. The Kier molecular flexibility index (Phi) is 41.4. The van der Waals surface area contributed by atoms with Crippen LogP contribution in [-0.2, 0) is 54.3 Å². The summed E-state index contributed by atoms with van der Waals surface area (Å²) in [6, 6.07) is 28.8. The molecule has 0 spiro atoms. The number of non-ortho nitro benzene ring substituents is 2. The van der Waals surface area contributed by atoms with Crippen molar-refractivity contribution in [1.29, 1.82) is 0 Å². The lowest BCUT2D eigenvalue weighted by Gasteiger charge is -2.30. The summed E-state index contributed by atoms with van der Waals surface area (Å²) in [5.41, 5.74) is 13.2. The van der Waals surface area contributed by atoms with Crippen LogP contribution in [-0.4, -0.2) is 109 Å². The molecule has 12 aromatic rings. The van der Waals surface area contributed by atoms with E-state index in [1.165, 1.54) is 30.3 Å². The number of carbonyl (C=O) groups excluding carboxylic acids is 2. The van der Waals surface area contributed by atoms with Crippen molar-refractivity contribution in [2.24, 2.45) is 5.73 Å². The second kappa shape index (κ2) is 52.6. The molecule has 8 atom stereocenters. The van der Waals surface area contributed by atoms with Crippen LogP contribution >= 0.6 is 120 Å². The monoisotopic (exact) mass is 2120 g/mol. The molecule has 4 fully saturated rings. The Morgan fingerprint density at radius 2 is 0.732 bits per heavy atom. The summed E-state index contributed by atoms with van der Waals surface area (Å²) in [5.74, 6) is 12.3. The van der Waals surface area contributed by atoms with Gasteiger partial charge in [-0.15, -0.1) is 58.4 Å². The number of nitro groups is 2. The first-order valence-corrected chi connectivity index (χ1v) is 53.9. The van der Waals surface area contributed by atoms with Crippen LogP contribution in [0.2, 0.25) is 0 Å². The highest BCUT2D eigenvalue weighted by atomic mass is 79.9. The molecule has 40 heteroatoms. The van der Waals surface area contributed by atoms with Crippen LogP contribution in [0.25, 0.3) is 0 Å². The number of anilines is 5. The number of nitrogens with one attached hydrogen (secondary N) is 4. The number of nitrogens with zero attached hydrogens (tertiary/aromatic N) is 10. The van der Waals surface area contributed by atoms with E-state index in [2.05, 4.69) is 173 Å². The maximum absolute atomic E-state index is 11.4. The number of thioether (sulfide) groups is 4. The highest BCUT2D eigenvalue weighted by Gasteiger charge is 2.31. The van der Waals surface area contributed by atoms with E-state index in [9.17, 15) is 29.8 Å². The number of rotatable bonds is 31. The van der Waals surface area contributed by atoms with Gasteiger partial charge in [0.2, 0.25) is 34.7 Å². The standard InChI is InChI=1S/C26H32N4O3S2.C23H28N4O4S2.C23H30N4O2S2.C12H16N2O3.C11H13BrN2OS2.C3H3ClO/c1-5-22(31)29-17-9-11-19(12-10-17)32-20-8-6-7-18(13-20)30-25-28-15-24(35-25)34-16-23-27-14-21(33-23)26(2,3)4;1-23(2,3)19-12-24-20(31-19)14-32-21-13-25-22(33-21)26-15-5-4-6-18(11-15)30-17-9-7-16(8-10-17)27(28)29;1-23(2,3)19-12-25-20(29-19)14-30-21-13-26-22(31-21)27-16-5-4-6-18(11-16)28-17-9-7-15(24)8-10-17;13-9-2-1-3-12(8-9)17-11-6-4-10(5-7-11)14(15)16;1-11(2,3)7-4-13-8(15-7)6-16-9-5-14-10(12)17-9;1-2-3(4)5/h5,9-12,14-15,18,20H,1,6-8,13,16H2,2-4H3,(H,28,30)(H,29,31);7-10,12-13,15,18H,4-6,11,14H2,1-3H3,(H,25,26);7-10,12-13,16,18H,4-6,11,14,24H2,1-3H3,(H,26,27);4-7,9,12H,1-3,8,13H2;4-5H,6H2,1-3H3;2H,1H2/t18-,20-;15-,18-;16-,18-;9-,12-;;/m1111../s1. The van der Waals surface area contributed by atoms with Gasteiger partial charge in [-0.2, -0.15) is 0 Å². The SMILES string of the molecule is C=CC(=O)Cl.C=CC(=O)Nc1ccc(O[C@@H]2CCC[C@@H](Nc3ncc(SCc4ncc(C(C)(C)C)o4)s3)C2)cc1.CC(C)(C)c1cnc(CSc2cnc(Br)s2)o1.CC(C)(C)c1cnc(CSc2cnc(N[C@@H]3CCC[C@@H](Oc4ccc(N)cc4)C3)s2)o1.CC(C)(C)c1cnc(CSc2cnc(N[C@@H]3CCC[C@@H](Oc4ccc([N+](=O)[O-])cc4)C3)s2)o1.N[C@@H]1CCC[C@@H](Oc2ccc([N+](=O)[O-])cc2)C1. The van der Waals surface area contributed by atoms with E-state index in [0.717, 1.165) is 220 Å². The third-order valence-electron chi connectivity index (χ3n) is 21.6. The lowest BCUT2D eigenvalue weighted by molar-refractivity contribution is -0.385. The molecule has 0 saturated heterocycles. The molecule has 740 valence electrons. The van der Waals surface area contributed by atoms with E-state index in [-0.39, 0.29) is 75.4 Å². The van der Waals surface area contributed by atoms with Crippen molar-refractivity contribution in [2.45, 2.75) is 296 Å². The summed E-state index contributed by atoms with van der Waals surface area (Å²) in [6.45, 7) is 32.0. The summed E-state index contributed by atoms with van der Waals surface area (Å²) in [5, 5.41) is 37.1. The summed E-state index contributed by atoms with van der Waals surface area (Å²) < 4.78 is 53.0. The van der Waals surface area contributed by atoms with Crippen molar-refractivity contribution in [2.75, 3.05) is 27.0 Å². The molecular weight excluding hydrogens is 2000 g/mol. The number of ether oxygens (including phenoxy) is 4. The zero-order valence-electron chi connectivity index (χ0n) is 79.6. The Morgan fingerprint density at radius 3 is 1.01 bits per heavy atom. The predicted octanol–water partition coefficient (Wildman–Crippen LogP) is 26.8. The Balaban J connectivity index is 0.000000167. The lowest BCUT2D eigenvalue weighted by Crippen LogP contribution is -2.33. The molecule has 30 nitrogen and oxygen atoms in total. The highest BCUT2D eigenvalue weighted by Crippen LogP contribution is 2.41. The molecule has 4 aliphatic rings. The van der Waals surface area contributed by atoms with Crippen LogP contribution in [0.4, 0.5) is 38.1 Å². The highest BCUT2D eigenvalue weighted by molar-refractivity contribution is 9.11. The summed E-state index contributed by atoms with van der Waals surface area (Å²) in [4.78, 5) is 76.7. The molecular formula is C98H122BrClN16O14S8. The van der Waals surface area contributed by atoms with Crippen LogP contribution in [0.1, 0.15) is 232 Å². The third-order valence-corrected chi connectivity index (χ3v) is 30.7. The molecule has 8 N–H and O–H groups in total. The topological polar surface area (TPSA) is 413 Å². The zero-order valence-corrected chi connectivity index (χ0v) is 88.4. The molecule has 4 aromatic carbocycles. The van der Waals surface area contributed by atoms with Crippen molar-refractivity contribution in [3.63, 3.8) is 0 Å². The van der Waals surface area contributed by atoms with Gasteiger partial charge in [-0.05, 0) is 196 Å². The number of nitrogen functional groups attached to an aromatic ring is 1. The van der Waals surface area contributed by atoms with Gasteiger partial charge in [-0.1, -0.05) is 130 Å². The minimum atomic E-state index is -0.509. The number of halogens is 2. The van der Waals surface area contributed by atoms with Crippen LogP contribution in [0.3, 0.4) is 0 Å². The quantitative estimate of drug-likeness (QED) is 0.00587. The number of amides is 1. The number of hydrogen-bond acceptors (Lipinski definition) is 35. The molecule has 138 heavy (non-hydrogen) atoms. The smallest absolute Gasteiger partial charge is 0.269 e. The molecule has 8 heterocycles. The number of nitrogens with two attached hydrogens (primary N) is 2. The first kappa shape index (κ1) is 109. The van der Waals surface area contributed by atoms with Crippen molar-refractivity contribution in [3.8, 4) is 23.0 Å². The fourth-order valence-electron chi connectivity index (χ4n) is 14.3. The fraction of sp³-hybridized carbons (Fsp3) is 0.449. The van der Waals surface area contributed by atoms with E-state index < -0.39 is 15.1 Å². The largest absolute Gasteiger partial charge is 0.490 e. The van der Waals surface area contributed by atoms with Crippen LogP contribution < -0.4 is 51.7 Å². The number of thiazole rings is 4. The Morgan fingerprint density at radius 1 is 0.442 bits per heavy atom. The average molecular weight is 2120 g/mol. The summed E-state index contributed by atoms with van der Waals surface area (Å²) in [6.07, 6.45) is 34.2. The first-order chi connectivity index (χ1) is 65.8. The molecule has 4 saturated carbocycles. The first-order valence-electron chi connectivity index (χ1n) is 45.5. The number of benzene rings is 4. The molecule has 0 radical (unpaired) electrons. The number of oxazole rings is 4. The number of hydrogen-bond donors (Lipinski definition) is 6. The van der Waals surface area contributed by atoms with Crippen LogP contribution in [0, 0.1) is 20.2 Å². The second-order valence-electron chi connectivity index (χ2n) is 37.2. The molecule has 0 unspecified atom stereocenters. The number of nitro benzene ring substituents is 2. The van der Waals surface area contributed by atoms with Gasteiger partial charge in [0.15, 0.2) is 19.3 Å². The molecule has 0 aliphatic heterocycles. The molecule has 1 amide bonds. The van der Waals surface area contributed by atoms with Crippen LogP contribution in [0.5, 0.6) is 23.0 Å². The minimum Gasteiger partial charge on any atom is -0.490 e. The van der Waals surface area contributed by atoms with E-state index in [1.807, 2.05) is 98.1 Å². The maximum atomic E-state index is 11.4. The van der Waals surface area contributed by atoms with Gasteiger partial charge in [0.25, 0.3) is 11.4 Å². The van der Waals surface area contributed by atoms with Gasteiger partial charge in [0.05, 0.1) is 99.3 Å². The molecule has 0 bridgehead atoms. The van der Waals surface area contributed by atoms with Gasteiger partial charge >= 0.3 is 0 Å². The average Bonchev–Trinajstić information content (AvgIpc) is 1.61. The lowest BCUT2D eigenvalue weighted by atomic mass is 9.93. The Bertz CT molecular complexity index is 5800. The van der Waals surface area contributed by atoms with Crippen molar-refractivity contribution < 1.29 is 56.1 Å². The normalized spacial score (nSPS) is 18.1. The molecule has 16 rings (SSSR count). The second-order valence-corrected chi connectivity index (χ2v) is 48.1. The van der Waals surface area contributed by atoms with Gasteiger partial charge in [0.1, 0.15) is 70.5 Å². The van der Waals surface area contributed by atoms with Gasteiger partial charge in [-0.25, -0.2) is 39.9 Å². The van der Waals surface area contributed by atoms with Crippen molar-refractivity contribution in [3.05, 3.63) is 243 Å². The maximum Gasteiger partial charge on any atom is 0.269 e. The van der Waals surface area contributed by atoms with Gasteiger partial charge in [0, 0.05) is 101 Å². The molecule has 8 aromatic heterocycles. The van der Waals surface area contributed by atoms with E-state index >= 15 is 0 Å². The number of allylic oxidation sites excluding steroid dienone is 1. The summed E-state index contributed by atoms with van der Waals surface area (Å²) >= 11 is 21.4. The van der Waals surface area contributed by atoms with E-state index in [4.69, 9.17) is 59.7 Å². The molecule has 4 aliphatic carbocycles. The number of aromatic nitrogens is 8. The van der Waals surface area contributed by atoms with Gasteiger partial charge in [-0.3, -0.25) is 29.8 Å². The van der Waals surface area contributed by atoms with Crippen LogP contribution in [0.15, 0.2) is 210 Å².